The van der Waals surface area contributed by atoms with E-state index in [1.807, 2.05) is 18.2 Å². The fraction of sp³-hybridized carbons (Fsp3) is 0.650. The van der Waals surface area contributed by atoms with Crippen molar-refractivity contribution in [1.29, 1.82) is 0 Å². The molecule has 27 heavy (non-hydrogen) atoms. The molecule has 2 saturated heterocycles. The number of hydrogen-bond donors (Lipinski definition) is 1. The lowest BCUT2D eigenvalue weighted by Gasteiger charge is -2.36. The summed E-state index contributed by atoms with van der Waals surface area (Å²) < 4.78 is 28.9. The van der Waals surface area contributed by atoms with Crippen LogP contribution in [0.3, 0.4) is 0 Å². The summed E-state index contributed by atoms with van der Waals surface area (Å²) >= 11 is 0. The Bertz CT molecular complexity index is 717. The first-order valence-electron chi connectivity index (χ1n) is 10.1. The summed E-state index contributed by atoms with van der Waals surface area (Å²) in [6, 6.07) is 10.1. The molecule has 2 heterocycles. The first-order valence-corrected chi connectivity index (χ1v) is 11.5. The van der Waals surface area contributed by atoms with E-state index in [0.717, 1.165) is 32.1 Å². The first kappa shape index (κ1) is 20.3. The molecule has 0 saturated carbocycles. The van der Waals surface area contributed by atoms with Gasteiger partial charge in [0.25, 0.3) is 10.2 Å². The molecule has 150 valence electrons. The first-order chi connectivity index (χ1) is 13.0. The molecule has 2 atom stereocenters. The summed E-state index contributed by atoms with van der Waals surface area (Å²) in [4.78, 5) is 12.6. The van der Waals surface area contributed by atoms with Crippen molar-refractivity contribution in [2.45, 2.75) is 44.9 Å². The van der Waals surface area contributed by atoms with Gasteiger partial charge in [0.15, 0.2) is 0 Å². The maximum absolute atomic E-state index is 12.9. The minimum atomic E-state index is -3.44. The zero-order valence-corrected chi connectivity index (χ0v) is 17.0. The van der Waals surface area contributed by atoms with Crippen molar-refractivity contribution in [2.24, 2.45) is 5.92 Å². The summed E-state index contributed by atoms with van der Waals surface area (Å²) in [6.07, 6.45) is 4.43. The Morgan fingerprint density at radius 2 is 1.74 bits per heavy atom. The largest absolute Gasteiger partial charge is 0.355 e. The van der Waals surface area contributed by atoms with Gasteiger partial charge in [-0.2, -0.15) is 17.0 Å². The van der Waals surface area contributed by atoms with Gasteiger partial charge in [0.1, 0.15) is 0 Å². The van der Waals surface area contributed by atoms with Gasteiger partial charge in [0, 0.05) is 32.7 Å². The molecule has 0 aromatic heterocycles. The van der Waals surface area contributed by atoms with E-state index >= 15 is 0 Å². The second-order valence-corrected chi connectivity index (χ2v) is 9.65. The normalized spacial score (nSPS) is 23.7. The molecular formula is C20H31N3O3S. The molecule has 2 aliphatic rings. The minimum Gasteiger partial charge on any atom is -0.355 e. The highest BCUT2D eigenvalue weighted by Crippen LogP contribution is 2.24. The van der Waals surface area contributed by atoms with E-state index in [1.165, 1.54) is 9.87 Å². The molecule has 2 aliphatic heterocycles. The zero-order valence-electron chi connectivity index (χ0n) is 16.1. The average Bonchev–Trinajstić information content (AvgIpc) is 2.73. The highest BCUT2D eigenvalue weighted by atomic mass is 32.2. The van der Waals surface area contributed by atoms with E-state index in [9.17, 15) is 13.2 Å². The smallest absolute Gasteiger partial charge is 0.281 e. The number of carbonyl (C=O) groups excluding carboxylic acids is 1. The summed E-state index contributed by atoms with van der Waals surface area (Å²) in [5.74, 6) is -0.0652. The van der Waals surface area contributed by atoms with Crippen LogP contribution in [0.25, 0.3) is 0 Å². The van der Waals surface area contributed by atoms with E-state index in [-0.39, 0.29) is 17.7 Å². The summed E-state index contributed by atoms with van der Waals surface area (Å²) in [5.41, 5.74) is 1.19. The Kier molecular flexibility index (Phi) is 6.89. The van der Waals surface area contributed by atoms with Crippen LogP contribution in [0.1, 0.15) is 50.5 Å². The monoisotopic (exact) mass is 393 g/mol. The van der Waals surface area contributed by atoms with Crippen molar-refractivity contribution in [3.63, 3.8) is 0 Å². The third-order valence-corrected chi connectivity index (χ3v) is 7.68. The lowest BCUT2D eigenvalue weighted by molar-refractivity contribution is -0.126. The highest BCUT2D eigenvalue weighted by Gasteiger charge is 2.36. The maximum Gasteiger partial charge on any atom is 0.281 e. The van der Waals surface area contributed by atoms with Crippen LogP contribution in [0.15, 0.2) is 30.3 Å². The number of nitrogens with one attached hydrogen (secondary N) is 1. The van der Waals surface area contributed by atoms with E-state index in [4.69, 9.17) is 0 Å². The van der Waals surface area contributed by atoms with Gasteiger partial charge < -0.3 is 5.32 Å². The van der Waals surface area contributed by atoms with Crippen LogP contribution in [0.4, 0.5) is 0 Å². The van der Waals surface area contributed by atoms with E-state index in [0.29, 0.717) is 32.7 Å². The quantitative estimate of drug-likeness (QED) is 0.807. The fourth-order valence-corrected chi connectivity index (χ4v) is 5.70. The number of hydrogen-bond acceptors (Lipinski definition) is 3. The van der Waals surface area contributed by atoms with Gasteiger partial charge in [-0.25, -0.2) is 0 Å². The standard InChI is InChI=1S/C20H31N3O3S/c1-17(18-9-4-2-5-10-18)15-21-20(24)19-11-8-14-23(16-19)27(25,26)22-12-6-3-7-13-22/h2,4-5,9-10,17,19H,3,6-8,11-16H2,1H3,(H,21,24)/t17-,19+/m1/s1. The molecule has 6 nitrogen and oxygen atoms in total. The molecule has 1 aromatic rings. The molecular weight excluding hydrogens is 362 g/mol. The Hall–Kier alpha value is -1.44. The molecule has 0 spiro atoms. The number of rotatable bonds is 6. The molecule has 3 rings (SSSR count). The Balaban J connectivity index is 1.54. The van der Waals surface area contributed by atoms with Gasteiger partial charge in [-0.15, -0.1) is 0 Å². The highest BCUT2D eigenvalue weighted by molar-refractivity contribution is 7.86. The van der Waals surface area contributed by atoms with Crippen LogP contribution in [-0.2, 0) is 15.0 Å². The van der Waals surface area contributed by atoms with Gasteiger partial charge >= 0.3 is 0 Å². The van der Waals surface area contributed by atoms with Gasteiger partial charge in [-0.05, 0) is 37.2 Å². The Morgan fingerprint density at radius 1 is 1.07 bits per heavy atom. The topological polar surface area (TPSA) is 69.7 Å². The van der Waals surface area contributed by atoms with Gasteiger partial charge in [0.2, 0.25) is 5.91 Å². The third kappa shape index (κ3) is 5.09. The van der Waals surface area contributed by atoms with Gasteiger partial charge in [-0.1, -0.05) is 43.7 Å². The van der Waals surface area contributed by atoms with Crippen molar-refractivity contribution < 1.29 is 13.2 Å². The molecule has 7 heteroatoms. The predicted octanol–water partition coefficient (Wildman–Crippen LogP) is 2.35. The van der Waals surface area contributed by atoms with Crippen LogP contribution in [0.2, 0.25) is 0 Å². The lowest BCUT2D eigenvalue weighted by atomic mass is 9.97. The summed E-state index contributed by atoms with van der Waals surface area (Å²) in [7, 11) is -3.44. The molecule has 0 aliphatic carbocycles. The average molecular weight is 394 g/mol. The van der Waals surface area contributed by atoms with Crippen LogP contribution in [-0.4, -0.2) is 55.7 Å². The SMILES string of the molecule is C[C@H](CNC(=O)[C@H]1CCCN(S(=O)(=O)N2CCCCC2)C1)c1ccccc1. The van der Waals surface area contributed by atoms with Crippen LogP contribution < -0.4 is 5.32 Å². The molecule has 1 amide bonds. The molecule has 2 fully saturated rings. The van der Waals surface area contributed by atoms with Gasteiger partial charge in [-0.3, -0.25) is 4.79 Å². The molecule has 0 unspecified atom stereocenters. The Labute approximate surface area is 163 Å². The Morgan fingerprint density at radius 3 is 2.44 bits per heavy atom. The molecule has 0 bridgehead atoms. The predicted molar refractivity (Wildman–Crippen MR) is 107 cm³/mol. The number of piperidine rings is 2. The molecule has 0 radical (unpaired) electrons. The number of carbonyl (C=O) groups is 1. The zero-order chi connectivity index (χ0) is 19.3. The maximum atomic E-state index is 12.9. The fourth-order valence-electron chi connectivity index (χ4n) is 3.92. The second kappa shape index (κ2) is 9.17. The van der Waals surface area contributed by atoms with Crippen molar-refractivity contribution in [3.8, 4) is 0 Å². The van der Waals surface area contributed by atoms with Gasteiger partial charge in [0.05, 0.1) is 5.92 Å². The summed E-state index contributed by atoms with van der Waals surface area (Å²) in [5, 5.41) is 3.03. The van der Waals surface area contributed by atoms with E-state index in [2.05, 4.69) is 24.4 Å². The second-order valence-electron chi connectivity index (χ2n) is 7.72. The molecule has 1 N–H and O–H groups in total. The van der Waals surface area contributed by atoms with Crippen LogP contribution >= 0.6 is 0 Å². The number of nitrogens with zero attached hydrogens (tertiary/aromatic N) is 2. The van der Waals surface area contributed by atoms with E-state index in [1.54, 1.807) is 4.31 Å². The minimum absolute atomic E-state index is 0.0312. The van der Waals surface area contributed by atoms with Crippen molar-refractivity contribution in [1.82, 2.24) is 13.9 Å². The number of amides is 1. The van der Waals surface area contributed by atoms with Crippen molar-refractivity contribution in [3.05, 3.63) is 35.9 Å². The van der Waals surface area contributed by atoms with E-state index < -0.39 is 10.2 Å². The van der Waals surface area contributed by atoms with Crippen molar-refractivity contribution >= 4 is 16.1 Å². The summed E-state index contributed by atoms with van der Waals surface area (Å²) in [6.45, 7) is 4.67. The van der Waals surface area contributed by atoms with Crippen LogP contribution in [0.5, 0.6) is 0 Å². The van der Waals surface area contributed by atoms with Crippen LogP contribution in [0, 0.1) is 5.92 Å². The number of benzene rings is 1. The lowest BCUT2D eigenvalue weighted by Crippen LogP contribution is -2.51. The van der Waals surface area contributed by atoms with Crippen molar-refractivity contribution in [2.75, 3.05) is 32.7 Å². The third-order valence-electron chi connectivity index (χ3n) is 5.67. The molecule has 1 aromatic carbocycles.